The van der Waals surface area contributed by atoms with E-state index in [1.807, 2.05) is 30.3 Å². The summed E-state index contributed by atoms with van der Waals surface area (Å²) in [6.07, 6.45) is 6.60. The number of anilines is 1. The average Bonchev–Trinajstić information content (AvgIpc) is 3.05. The number of para-hydroxylation sites is 1. The van der Waals surface area contributed by atoms with Crippen LogP contribution in [-0.2, 0) is 25.7 Å². The number of nitrogens with zero attached hydrogens (tertiary/aromatic N) is 1. The van der Waals surface area contributed by atoms with Gasteiger partial charge >= 0.3 is 5.97 Å². The highest BCUT2D eigenvalue weighted by atomic mass is 16.5. The van der Waals surface area contributed by atoms with Crippen molar-refractivity contribution in [3.05, 3.63) is 42.0 Å². The van der Waals surface area contributed by atoms with Crippen LogP contribution in [0.5, 0.6) is 0 Å². The lowest BCUT2D eigenvalue weighted by Crippen LogP contribution is -2.49. The SMILES string of the molecule is Nc1ccccc1CO[C@@H]1CC(=O)[C@@H](N2CCOCC2)[C@@H]1C/C=C\CCCC(=O)O. The van der Waals surface area contributed by atoms with Crippen LogP contribution in [0.3, 0.4) is 0 Å². The molecule has 1 aromatic rings. The van der Waals surface area contributed by atoms with Crippen molar-refractivity contribution in [2.45, 2.75) is 50.9 Å². The average molecular weight is 417 g/mol. The molecule has 1 heterocycles. The summed E-state index contributed by atoms with van der Waals surface area (Å²) in [4.78, 5) is 25.8. The number of carbonyl (C=O) groups is 2. The van der Waals surface area contributed by atoms with E-state index in [2.05, 4.69) is 11.0 Å². The van der Waals surface area contributed by atoms with Crippen molar-refractivity contribution in [1.29, 1.82) is 0 Å². The van der Waals surface area contributed by atoms with Gasteiger partial charge in [0.2, 0.25) is 0 Å². The highest BCUT2D eigenvalue weighted by Crippen LogP contribution is 2.34. The van der Waals surface area contributed by atoms with Crippen molar-refractivity contribution >= 4 is 17.4 Å². The number of unbranched alkanes of at least 4 members (excludes halogenated alkanes) is 1. The van der Waals surface area contributed by atoms with E-state index in [9.17, 15) is 9.59 Å². The van der Waals surface area contributed by atoms with Crippen LogP contribution in [-0.4, -0.2) is 60.2 Å². The zero-order valence-electron chi connectivity index (χ0n) is 17.4. The molecule has 1 aromatic carbocycles. The molecule has 1 aliphatic carbocycles. The van der Waals surface area contributed by atoms with Crippen LogP contribution in [0.15, 0.2) is 36.4 Å². The first kappa shape index (κ1) is 22.5. The van der Waals surface area contributed by atoms with E-state index >= 15 is 0 Å². The number of carbonyl (C=O) groups excluding carboxylic acids is 1. The fraction of sp³-hybridized carbons (Fsp3) is 0.565. The number of nitrogen functional groups attached to an aromatic ring is 1. The number of morpholine rings is 1. The summed E-state index contributed by atoms with van der Waals surface area (Å²) in [6, 6.07) is 7.47. The van der Waals surface area contributed by atoms with Gasteiger partial charge in [-0.15, -0.1) is 0 Å². The first-order chi connectivity index (χ1) is 14.6. The number of hydrogen-bond donors (Lipinski definition) is 2. The van der Waals surface area contributed by atoms with Crippen molar-refractivity contribution in [3.8, 4) is 0 Å². The van der Waals surface area contributed by atoms with Crippen LogP contribution in [0.4, 0.5) is 5.69 Å². The molecular weight excluding hydrogens is 384 g/mol. The molecule has 0 bridgehead atoms. The third kappa shape index (κ3) is 6.14. The van der Waals surface area contributed by atoms with Gasteiger partial charge in [0.1, 0.15) is 0 Å². The Balaban J connectivity index is 1.64. The number of ether oxygens (including phenoxy) is 2. The number of allylic oxidation sites excluding steroid dienone is 2. The molecule has 3 rings (SSSR count). The van der Waals surface area contributed by atoms with Crippen molar-refractivity contribution in [2.24, 2.45) is 5.92 Å². The second-order valence-electron chi connectivity index (χ2n) is 7.97. The molecule has 1 saturated carbocycles. The molecule has 164 valence electrons. The minimum Gasteiger partial charge on any atom is -0.481 e. The summed E-state index contributed by atoms with van der Waals surface area (Å²) >= 11 is 0. The molecule has 1 saturated heterocycles. The molecule has 7 nitrogen and oxygen atoms in total. The Hall–Kier alpha value is -2.22. The number of carboxylic acid groups (broad SMARTS) is 1. The molecule has 0 amide bonds. The summed E-state index contributed by atoms with van der Waals surface area (Å²) < 4.78 is 11.7. The van der Waals surface area contributed by atoms with E-state index < -0.39 is 5.97 Å². The van der Waals surface area contributed by atoms with Gasteiger partial charge in [0, 0.05) is 43.1 Å². The molecule has 0 spiro atoms. The van der Waals surface area contributed by atoms with E-state index in [1.165, 1.54) is 0 Å². The Morgan fingerprint density at radius 1 is 1.27 bits per heavy atom. The molecule has 0 unspecified atom stereocenters. The fourth-order valence-corrected chi connectivity index (χ4v) is 4.31. The highest BCUT2D eigenvalue weighted by molar-refractivity contribution is 5.87. The van der Waals surface area contributed by atoms with E-state index in [4.69, 9.17) is 20.3 Å². The molecule has 0 radical (unpaired) electrons. The van der Waals surface area contributed by atoms with Gasteiger partial charge in [-0.05, 0) is 25.3 Å². The van der Waals surface area contributed by atoms with Gasteiger partial charge in [-0.1, -0.05) is 30.4 Å². The second kappa shape index (κ2) is 11.2. The molecule has 1 aliphatic heterocycles. The number of aliphatic carboxylic acids is 1. The van der Waals surface area contributed by atoms with E-state index in [1.54, 1.807) is 0 Å². The minimum absolute atomic E-state index is 0.0660. The Bertz CT molecular complexity index is 745. The van der Waals surface area contributed by atoms with Gasteiger partial charge in [-0.3, -0.25) is 14.5 Å². The van der Waals surface area contributed by atoms with E-state index in [0.29, 0.717) is 38.3 Å². The van der Waals surface area contributed by atoms with Crippen LogP contribution in [0, 0.1) is 5.92 Å². The van der Waals surface area contributed by atoms with Gasteiger partial charge in [0.05, 0.1) is 32.0 Å². The Morgan fingerprint density at radius 3 is 2.77 bits per heavy atom. The van der Waals surface area contributed by atoms with Crippen LogP contribution in [0.2, 0.25) is 0 Å². The maximum absolute atomic E-state index is 12.9. The van der Waals surface area contributed by atoms with Crippen molar-refractivity contribution in [1.82, 2.24) is 4.90 Å². The molecular formula is C23H32N2O5. The van der Waals surface area contributed by atoms with Crippen LogP contribution >= 0.6 is 0 Å². The standard InChI is InChI=1S/C23H32N2O5/c24-19-9-6-5-7-17(19)16-30-21-15-20(26)23(25-11-13-29-14-12-25)18(21)8-3-1-2-4-10-22(27)28/h1,3,5-7,9,18,21,23H,2,4,8,10-16,24H2,(H,27,28)/b3-1-/t18-,21-,23+/m1/s1. The van der Waals surface area contributed by atoms with Crippen LogP contribution in [0.1, 0.15) is 37.7 Å². The van der Waals surface area contributed by atoms with Gasteiger partial charge < -0.3 is 20.3 Å². The lowest BCUT2D eigenvalue weighted by atomic mass is 9.95. The zero-order chi connectivity index (χ0) is 21.3. The number of carboxylic acids is 1. The maximum Gasteiger partial charge on any atom is 0.303 e. The van der Waals surface area contributed by atoms with Gasteiger partial charge in [-0.2, -0.15) is 0 Å². The lowest BCUT2D eigenvalue weighted by Gasteiger charge is -2.35. The number of benzene rings is 1. The molecule has 0 aromatic heterocycles. The third-order valence-corrected chi connectivity index (χ3v) is 5.90. The van der Waals surface area contributed by atoms with Gasteiger partial charge in [0.25, 0.3) is 0 Å². The first-order valence-electron chi connectivity index (χ1n) is 10.7. The zero-order valence-corrected chi connectivity index (χ0v) is 17.4. The summed E-state index contributed by atoms with van der Waals surface area (Å²) in [5, 5.41) is 8.76. The molecule has 7 heteroatoms. The molecule has 2 fully saturated rings. The maximum atomic E-state index is 12.9. The number of ketones is 1. The second-order valence-corrected chi connectivity index (χ2v) is 7.97. The van der Waals surface area contributed by atoms with Crippen molar-refractivity contribution in [2.75, 3.05) is 32.0 Å². The first-order valence-corrected chi connectivity index (χ1v) is 10.7. The number of Topliss-reactive ketones (excluding diaryl/α,β-unsaturated/α-hetero) is 1. The fourth-order valence-electron chi connectivity index (χ4n) is 4.31. The topological polar surface area (TPSA) is 102 Å². The van der Waals surface area contributed by atoms with Crippen molar-refractivity contribution in [3.63, 3.8) is 0 Å². The highest BCUT2D eigenvalue weighted by Gasteiger charge is 2.45. The molecule has 3 N–H and O–H groups in total. The lowest BCUT2D eigenvalue weighted by molar-refractivity contribution is -0.137. The molecule has 2 aliphatic rings. The Kier molecular flexibility index (Phi) is 8.42. The summed E-state index contributed by atoms with van der Waals surface area (Å²) in [7, 11) is 0. The molecule has 3 atom stereocenters. The largest absolute Gasteiger partial charge is 0.481 e. The van der Waals surface area contributed by atoms with Crippen molar-refractivity contribution < 1.29 is 24.2 Å². The normalized spacial score (nSPS) is 25.2. The smallest absolute Gasteiger partial charge is 0.303 e. The predicted molar refractivity (Wildman–Crippen MR) is 114 cm³/mol. The van der Waals surface area contributed by atoms with Crippen LogP contribution in [0.25, 0.3) is 0 Å². The summed E-state index contributed by atoms with van der Waals surface area (Å²) in [5.41, 5.74) is 7.67. The Labute approximate surface area is 177 Å². The van der Waals surface area contributed by atoms with Gasteiger partial charge in [0.15, 0.2) is 5.78 Å². The molecule has 30 heavy (non-hydrogen) atoms. The monoisotopic (exact) mass is 416 g/mol. The number of rotatable bonds is 10. The summed E-state index contributed by atoms with van der Waals surface area (Å²) in [6.45, 7) is 3.20. The third-order valence-electron chi connectivity index (χ3n) is 5.90. The predicted octanol–water partition coefficient (Wildman–Crippen LogP) is 2.65. The quantitative estimate of drug-likeness (QED) is 0.343. The summed E-state index contributed by atoms with van der Waals surface area (Å²) in [5.74, 6) is -0.478. The van der Waals surface area contributed by atoms with Gasteiger partial charge in [-0.25, -0.2) is 0 Å². The Morgan fingerprint density at radius 2 is 2.03 bits per heavy atom. The van der Waals surface area contributed by atoms with Crippen LogP contribution < -0.4 is 5.73 Å². The minimum atomic E-state index is -0.772. The number of nitrogens with two attached hydrogens (primary N) is 1. The number of hydrogen-bond acceptors (Lipinski definition) is 6. The van der Waals surface area contributed by atoms with E-state index in [0.717, 1.165) is 31.5 Å². The van der Waals surface area contributed by atoms with E-state index in [-0.39, 0.29) is 30.3 Å².